The summed E-state index contributed by atoms with van der Waals surface area (Å²) in [5.41, 5.74) is 1.05. The minimum Gasteiger partial charge on any atom is -0.336 e. The highest BCUT2D eigenvalue weighted by Crippen LogP contribution is 2.26. The molecule has 2 saturated heterocycles. The number of hydrogen-bond acceptors (Lipinski definition) is 5. The zero-order chi connectivity index (χ0) is 16.6. The fourth-order valence-electron chi connectivity index (χ4n) is 3.45. The maximum Gasteiger partial charge on any atom is 0.246 e. The number of aromatic amines is 1. The summed E-state index contributed by atoms with van der Waals surface area (Å²) in [6.07, 6.45) is 1.61. The molecule has 1 aromatic rings. The number of carbonyl (C=O) groups is 1. The molecule has 3 rings (SSSR count). The molecule has 10 heteroatoms. The fourth-order valence-corrected chi connectivity index (χ4v) is 5.30. The Morgan fingerprint density at radius 2 is 2.00 bits per heavy atom. The van der Waals surface area contributed by atoms with Gasteiger partial charge < -0.3 is 10.2 Å². The summed E-state index contributed by atoms with van der Waals surface area (Å²) in [4.78, 5) is 14.2. The minimum atomic E-state index is -3.58. The van der Waals surface area contributed by atoms with Crippen molar-refractivity contribution in [1.29, 1.82) is 0 Å². The summed E-state index contributed by atoms with van der Waals surface area (Å²) in [5.74, 6) is 0.0520. The molecule has 3 heterocycles. The smallest absolute Gasteiger partial charge is 0.246 e. The third-order valence-corrected chi connectivity index (χ3v) is 6.71. The molecule has 2 N–H and O–H groups in total. The molecule has 8 nitrogen and oxygen atoms in total. The number of H-pyrrole nitrogens is 1. The summed E-state index contributed by atoms with van der Waals surface area (Å²) in [7, 11) is -3.58. The second kappa shape index (κ2) is 7.38. The average molecular weight is 378 g/mol. The zero-order valence-electron chi connectivity index (χ0n) is 13.9. The van der Waals surface area contributed by atoms with Gasteiger partial charge in [-0.15, -0.1) is 12.4 Å². The number of nitrogens with zero attached hydrogens (tertiary/aromatic N) is 3. The van der Waals surface area contributed by atoms with Crippen molar-refractivity contribution < 1.29 is 13.2 Å². The maximum absolute atomic E-state index is 13.0. The lowest BCUT2D eigenvalue weighted by Crippen LogP contribution is -2.57. The van der Waals surface area contributed by atoms with Crippen LogP contribution in [0.2, 0.25) is 0 Å². The van der Waals surface area contributed by atoms with E-state index in [1.54, 1.807) is 13.8 Å². The first kappa shape index (κ1) is 19.2. The summed E-state index contributed by atoms with van der Waals surface area (Å²) >= 11 is 0. The van der Waals surface area contributed by atoms with Crippen LogP contribution in [0.25, 0.3) is 0 Å². The monoisotopic (exact) mass is 377 g/mol. The largest absolute Gasteiger partial charge is 0.336 e. The standard InChI is InChI=1S/C14H23N5O3S.ClH/c1-10-14(11(2)17-16-10)23(21,22)18-6-3-4-12(9-18)19-7-5-15-8-13(19)20;/h12,15H,3-9H2,1-2H3,(H,16,17);1H. The van der Waals surface area contributed by atoms with Crippen molar-refractivity contribution in [2.45, 2.75) is 37.6 Å². The third-order valence-electron chi connectivity index (χ3n) is 4.58. The van der Waals surface area contributed by atoms with Gasteiger partial charge in [-0.1, -0.05) is 0 Å². The number of amides is 1. The number of rotatable bonds is 3. The summed E-state index contributed by atoms with van der Waals surface area (Å²) in [6.45, 7) is 5.99. The molecule has 0 radical (unpaired) electrons. The Labute approximate surface area is 148 Å². The molecule has 1 unspecified atom stereocenters. The van der Waals surface area contributed by atoms with Gasteiger partial charge >= 0.3 is 0 Å². The lowest BCUT2D eigenvalue weighted by atomic mass is 10.1. The van der Waals surface area contributed by atoms with E-state index in [-0.39, 0.29) is 29.3 Å². The van der Waals surface area contributed by atoms with Gasteiger partial charge in [0, 0.05) is 32.2 Å². The highest BCUT2D eigenvalue weighted by Gasteiger charge is 2.36. The normalized spacial score (nSPS) is 23.2. The van der Waals surface area contributed by atoms with Gasteiger partial charge in [0.15, 0.2) is 0 Å². The molecule has 1 aromatic heterocycles. The molecule has 2 aliphatic heterocycles. The fraction of sp³-hybridized carbons (Fsp3) is 0.714. The number of hydrogen-bond donors (Lipinski definition) is 2. The minimum absolute atomic E-state index is 0. The number of aromatic nitrogens is 2. The van der Waals surface area contributed by atoms with Gasteiger partial charge in [0.2, 0.25) is 15.9 Å². The Morgan fingerprint density at radius 1 is 1.25 bits per heavy atom. The van der Waals surface area contributed by atoms with Gasteiger partial charge in [-0.2, -0.15) is 9.40 Å². The van der Waals surface area contributed by atoms with Crippen LogP contribution in [0.15, 0.2) is 4.90 Å². The van der Waals surface area contributed by atoms with Crippen molar-refractivity contribution in [2.75, 3.05) is 32.7 Å². The van der Waals surface area contributed by atoms with Crippen LogP contribution in [0.4, 0.5) is 0 Å². The maximum atomic E-state index is 13.0. The van der Waals surface area contributed by atoms with E-state index in [1.165, 1.54) is 4.31 Å². The Bertz CT molecular complexity index is 686. The number of halogens is 1. The van der Waals surface area contributed by atoms with Crippen molar-refractivity contribution in [2.24, 2.45) is 0 Å². The van der Waals surface area contributed by atoms with E-state index in [0.717, 1.165) is 19.4 Å². The van der Waals surface area contributed by atoms with Crippen LogP contribution in [0.1, 0.15) is 24.2 Å². The molecule has 136 valence electrons. The van der Waals surface area contributed by atoms with Crippen LogP contribution < -0.4 is 5.32 Å². The predicted molar refractivity (Wildman–Crippen MR) is 91.7 cm³/mol. The molecular formula is C14H24ClN5O3S. The van der Waals surface area contributed by atoms with Crippen molar-refractivity contribution >= 4 is 28.3 Å². The first-order chi connectivity index (χ1) is 10.9. The van der Waals surface area contributed by atoms with Crippen molar-refractivity contribution in [1.82, 2.24) is 24.7 Å². The highest BCUT2D eigenvalue weighted by atomic mass is 35.5. The van der Waals surface area contributed by atoms with Gasteiger partial charge in [0.05, 0.1) is 17.9 Å². The first-order valence-electron chi connectivity index (χ1n) is 7.93. The number of piperazine rings is 1. The van der Waals surface area contributed by atoms with E-state index < -0.39 is 10.0 Å². The van der Waals surface area contributed by atoms with Crippen LogP contribution in [-0.4, -0.2) is 72.5 Å². The summed E-state index contributed by atoms with van der Waals surface area (Å²) in [6, 6.07) is -0.0411. The molecule has 0 bridgehead atoms. The average Bonchev–Trinajstić information content (AvgIpc) is 2.87. The van der Waals surface area contributed by atoms with Crippen molar-refractivity contribution in [3.05, 3.63) is 11.4 Å². The van der Waals surface area contributed by atoms with Gasteiger partial charge in [-0.25, -0.2) is 8.42 Å². The number of nitrogens with one attached hydrogen (secondary N) is 2. The topological polar surface area (TPSA) is 98.4 Å². The van der Waals surface area contributed by atoms with Gasteiger partial charge in [0.25, 0.3) is 0 Å². The molecule has 0 saturated carbocycles. The highest BCUT2D eigenvalue weighted by molar-refractivity contribution is 7.89. The van der Waals surface area contributed by atoms with E-state index in [9.17, 15) is 13.2 Å². The first-order valence-corrected chi connectivity index (χ1v) is 9.37. The summed E-state index contributed by atoms with van der Waals surface area (Å²) < 4.78 is 27.4. The lowest BCUT2D eigenvalue weighted by Gasteiger charge is -2.40. The van der Waals surface area contributed by atoms with Gasteiger partial charge in [0.1, 0.15) is 4.90 Å². The molecule has 1 amide bonds. The van der Waals surface area contributed by atoms with Crippen molar-refractivity contribution in [3.63, 3.8) is 0 Å². The molecule has 0 aromatic carbocycles. The van der Waals surface area contributed by atoms with E-state index in [1.807, 2.05) is 4.90 Å². The molecule has 2 aliphatic rings. The molecule has 1 atom stereocenters. The lowest BCUT2D eigenvalue weighted by molar-refractivity contribution is -0.135. The molecule has 2 fully saturated rings. The number of sulfonamides is 1. The molecule has 24 heavy (non-hydrogen) atoms. The zero-order valence-corrected chi connectivity index (χ0v) is 15.5. The molecule has 0 spiro atoms. The predicted octanol–water partition coefficient (Wildman–Crippen LogP) is 0.0332. The SMILES string of the molecule is Cc1n[nH]c(C)c1S(=O)(=O)N1CCCC(N2CCNCC2=O)C1.Cl. The van der Waals surface area contributed by atoms with E-state index >= 15 is 0 Å². The molecule has 0 aliphatic carbocycles. The van der Waals surface area contributed by atoms with Crippen LogP contribution in [0.5, 0.6) is 0 Å². The van der Waals surface area contributed by atoms with Crippen LogP contribution in [0.3, 0.4) is 0 Å². The molecular weight excluding hydrogens is 354 g/mol. The summed E-state index contributed by atoms with van der Waals surface area (Å²) in [5, 5.41) is 9.78. The van der Waals surface area contributed by atoms with Crippen molar-refractivity contribution in [3.8, 4) is 0 Å². The second-order valence-electron chi connectivity index (χ2n) is 6.19. The van der Waals surface area contributed by atoms with E-state index in [4.69, 9.17) is 0 Å². The number of aryl methyl sites for hydroxylation is 2. The van der Waals surface area contributed by atoms with Gasteiger partial charge in [-0.3, -0.25) is 9.89 Å². The van der Waals surface area contributed by atoms with E-state index in [0.29, 0.717) is 37.6 Å². The van der Waals surface area contributed by atoms with Crippen LogP contribution in [-0.2, 0) is 14.8 Å². The quantitative estimate of drug-likeness (QED) is 0.774. The van der Waals surface area contributed by atoms with Gasteiger partial charge in [-0.05, 0) is 26.7 Å². The third kappa shape index (κ3) is 3.44. The second-order valence-corrected chi connectivity index (χ2v) is 8.06. The number of carbonyl (C=O) groups excluding carboxylic acids is 1. The Kier molecular flexibility index (Phi) is 5.90. The number of piperidine rings is 1. The Hall–Kier alpha value is -1.16. The van der Waals surface area contributed by atoms with Crippen LogP contribution >= 0.6 is 12.4 Å². The van der Waals surface area contributed by atoms with Crippen LogP contribution in [0, 0.1) is 13.8 Å². The Balaban J connectivity index is 0.00000208. The van der Waals surface area contributed by atoms with E-state index in [2.05, 4.69) is 15.5 Å². The Morgan fingerprint density at radius 3 is 2.62 bits per heavy atom.